The third-order valence-corrected chi connectivity index (χ3v) is 6.51. The summed E-state index contributed by atoms with van der Waals surface area (Å²) in [6, 6.07) is 7.17. The second kappa shape index (κ2) is 8.94. The number of hydrogen-bond acceptors (Lipinski definition) is 7. The number of aryl methyl sites for hydroxylation is 1. The van der Waals surface area contributed by atoms with Crippen LogP contribution < -0.4 is 10.9 Å². The Balaban J connectivity index is 0.00000304. The van der Waals surface area contributed by atoms with Gasteiger partial charge in [-0.15, -0.1) is 27.7 Å². The fourth-order valence-electron chi connectivity index (χ4n) is 5.27. The first-order valence-corrected chi connectivity index (χ1v) is 11.5. The molecule has 9 nitrogen and oxygen atoms in total. The number of phenols is 1. The fraction of sp³-hybridized carbons (Fsp3) is 0.400. The third-order valence-electron chi connectivity index (χ3n) is 6.51. The average molecular weight is 514 g/mol. The van der Waals surface area contributed by atoms with Crippen molar-refractivity contribution >= 4 is 23.6 Å². The van der Waals surface area contributed by atoms with Crippen molar-refractivity contribution in [3.8, 4) is 28.1 Å². The van der Waals surface area contributed by atoms with Crippen LogP contribution in [0.3, 0.4) is 0 Å². The summed E-state index contributed by atoms with van der Waals surface area (Å²) in [5.41, 5.74) is 1.60. The highest BCUT2D eigenvalue weighted by molar-refractivity contribution is 5.85. The fourth-order valence-corrected chi connectivity index (χ4v) is 5.27. The molecule has 36 heavy (non-hydrogen) atoms. The van der Waals surface area contributed by atoms with Gasteiger partial charge in [0, 0.05) is 41.5 Å². The Morgan fingerprint density at radius 1 is 1.03 bits per heavy atom. The van der Waals surface area contributed by atoms with Gasteiger partial charge in [0.25, 0.3) is 5.56 Å². The summed E-state index contributed by atoms with van der Waals surface area (Å²) in [6.45, 7) is 8.66. The number of rotatable bonds is 3. The molecule has 0 unspecified atom stereocenters. The van der Waals surface area contributed by atoms with Gasteiger partial charge in [0.1, 0.15) is 17.1 Å². The van der Waals surface area contributed by atoms with E-state index in [0.717, 1.165) is 12.8 Å². The standard InChI is InChI=1S/C25H28FN7O2.ClH/c1-24(2)12-15(13-25(3,4)30-24)33-23-20(28-31-33)11-19(27-29-23)17-9-18(26)16(10-21(17)34)14-6-7-32(5)22(35)8-14;/h6-11,15,30,34H,12-13H2,1-5H3;1H. The molecule has 11 heteroatoms. The zero-order valence-corrected chi connectivity index (χ0v) is 21.6. The Morgan fingerprint density at radius 2 is 1.72 bits per heavy atom. The number of nitrogens with one attached hydrogen (secondary N) is 1. The predicted octanol–water partition coefficient (Wildman–Crippen LogP) is 4.00. The Kier molecular flexibility index (Phi) is 6.38. The van der Waals surface area contributed by atoms with Crippen molar-refractivity contribution in [1.82, 2.24) is 35.1 Å². The van der Waals surface area contributed by atoms with Gasteiger partial charge in [0.15, 0.2) is 0 Å². The first-order valence-electron chi connectivity index (χ1n) is 11.5. The lowest BCUT2D eigenvalue weighted by atomic mass is 9.80. The number of aromatic hydroxyl groups is 1. The van der Waals surface area contributed by atoms with Crippen LogP contribution in [0, 0.1) is 5.82 Å². The van der Waals surface area contributed by atoms with Crippen LogP contribution in [0.1, 0.15) is 46.6 Å². The van der Waals surface area contributed by atoms with Crippen LogP contribution in [-0.4, -0.2) is 45.9 Å². The molecule has 0 spiro atoms. The first-order chi connectivity index (χ1) is 16.4. The molecule has 0 saturated carbocycles. The van der Waals surface area contributed by atoms with Gasteiger partial charge in [-0.2, -0.15) is 0 Å². The molecular formula is C25H29ClFN7O2. The second-order valence-electron chi connectivity index (χ2n) is 10.6. The quantitative estimate of drug-likeness (QED) is 0.426. The number of piperidine rings is 1. The molecule has 0 radical (unpaired) electrons. The van der Waals surface area contributed by atoms with Crippen molar-refractivity contribution in [1.29, 1.82) is 0 Å². The van der Waals surface area contributed by atoms with Crippen molar-refractivity contribution in [2.24, 2.45) is 7.05 Å². The minimum atomic E-state index is -0.587. The molecule has 1 aromatic carbocycles. The van der Waals surface area contributed by atoms with Crippen LogP contribution in [0.15, 0.2) is 41.3 Å². The molecule has 4 aromatic rings. The number of nitrogens with zero attached hydrogens (tertiary/aromatic N) is 6. The van der Waals surface area contributed by atoms with Crippen LogP contribution in [0.4, 0.5) is 4.39 Å². The van der Waals surface area contributed by atoms with Gasteiger partial charge in [-0.05, 0) is 70.4 Å². The number of aromatic nitrogens is 6. The second-order valence-corrected chi connectivity index (χ2v) is 10.6. The highest BCUT2D eigenvalue weighted by Crippen LogP contribution is 2.38. The Morgan fingerprint density at radius 3 is 2.39 bits per heavy atom. The van der Waals surface area contributed by atoms with Gasteiger partial charge < -0.3 is 15.0 Å². The Hall–Kier alpha value is -3.37. The molecule has 1 fully saturated rings. The molecule has 2 N–H and O–H groups in total. The first kappa shape index (κ1) is 25.7. The molecule has 0 aliphatic carbocycles. The van der Waals surface area contributed by atoms with Gasteiger partial charge in [-0.3, -0.25) is 4.79 Å². The lowest BCUT2D eigenvalue weighted by molar-refractivity contribution is 0.127. The zero-order valence-electron chi connectivity index (χ0n) is 20.8. The molecule has 190 valence electrons. The number of phenolic OH excluding ortho intramolecular Hbond substituents is 1. The summed E-state index contributed by atoms with van der Waals surface area (Å²) in [5.74, 6) is -0.763. The smallest absolute Gasteiger partial charge is 0.250 e. The van der Waals surface area contributed by atoms with Gasteiger partial charge in [0.2, 0.25) is 5.65 Å². The molecule has 1 saturated heterocycles. The monoisotopic (exact) mass is 513 g/mol. The minimum absolute atomic E-state index is 0. The van der Waals surface area contributed by atoms with E-state index < -0.39 is 5.82 Å². The maximum Gasteiger partial charge on any atom is 0.250 e. The topological polar surface area (TPSA) is 111 Å². The van der Waals surface area contributed by atoms with E-state index in [1.165, 1.54) is 22.8 Å². The maximum absolute atomic E-state index is 15.0. The molecule has 0 amide bonds. The van der Waals surface area contributed by atoms with E-state index in [4.69, 9.17) is 0 Å². The van der Waals surface area contributed by atoms with E-state index in [9.17, 15) is 9.90 Å². The number of fused-ring (bicyclic) bond motifs is 1. The number of pyridine rings is 1. The molecule has 0 bridgehead atoms. The van der Waals surface area contributed by atoms with Crippen molar-refractivity contribution in [3.05, 3.63) is 52.7 Å². The molecule has 1 aliphatic rings. The van der Waals surface area contributed by atoms with Crippen LogP contribution in [0.2, 0.25) is 0 Å². The summed E-state index contributed by atoms with van der Waals surface area (Å²) in [4.78, 5) is 12.0. The molecule has 1 aliphatic heterocycles. The summed E-state index contributed by atoms with van der Waals surface area (Å²) >= 11 is 0. The molecule has 3 aromatic heterocycles. The van der Waals surface area contributed by atoms with E-state index in [0.29, 0.717) is 16.7 Å². The maximum atomic E-state index is 15.0. The zero-order chi connectivity index (χ0) is 25.1. The van der Waals surface area contributed by atoms with Crippen molar-refractivity contribution in [2.45, 2.75) is 57.7 Å². The van der Waals surface area contributed by atoms with Gasteiger partial charge >= 0.3 is 0 Å². The Bertz CT molecular complexity index is 1500. The predicted molar refractivity (Wildman–Crippen MR) is 138 cm³/mol. The summed E-state index contributed by atoms with van der Waals surface area (Å²) in [6.07, 6.45) is 3.26. The van der Waals surface area contributed by atoms with E-state index in [-0.39, 0.29) is 57.7 Å². The molecule has 0 atom stereocenters. The number of benzene rings is 1. The number of halogens is 2. The Labute approximate surface area is 213 Å². The summed E-state index contributed by atoms with van der Waals surface area (Å²) in [5, 5.41) is 31.6. The van der Waals surface area contributed by atoms with Gasteiger partial charge in [-0.25, -0.2) is 9.07 Å². The van der Waals surface area contributed by atoms with Gasteiger partial charge in [0.05, 0.1) is 11.7 Å². The van der Waals surface area contributed by atoms with Crippen molar-refractivity contribution in [3.63, 3.8) is 0 Å². The lowest BCUT2D eigenvalue weighted by Gasteiger charge is -2.46. The molecule has 5 rings (SSSR count). The van der Waals surface area contributed by atoms with Crippen LogP contribution in [-0.2, 0) is 7.05 Å². The third kappa shape index (κ3) is 4.70. The molecular weight excluding hydrogens is 485 g/mol. The largest absolute Gasteiger partial charge is 0.507 e. The van der Waals surface area contributed by atoms with E-state index in [1.807, 2.05) is 4.68 Å². The van der Waals surface area contributed by atoms with Crippen LogP contribution >= 0.6 is 12.4 Å². The van der Waals surface area contributed by atoms with Crippen molar-refractivity contribution in [2.75, 3.05) is 0 Å². The minimum Gasteiger partial charge on any atom is -0.507 e. The van der Waals surface area contributed by atoms with Crippen molar-refractivity contribution < 1.29 is 9.50 Å². The lowest BCUT2D eigenvalue weighted by Crippen LogP contribution is -2.58. The normalized spacial score (nSPS) is 17.2. The molecule has 4 heterocycles. The van der Waals surface area contributed by atoms with Crippen LogP contribution in [0.25, 0.3) is 33.5 Å². The highest BCUT2D eigenvalue weighted by Gasteiger charge is 2.39. The SMILES string of the molecule is Cl.Cn1ccc(-c2cc(O)c(-c3cc4nnn(C5CC(C)(C)NC(C)(C)C5)c4nn3)cc2F)cc1=O. The number of hydrogen-bond donors (Lipinski definition) is 2. The van der Waals surface area contributed by atoms with E-state index in [2.05, 4.69) is 53.5 Å². The van der Waals surface area contributed by atoms with Crippen LogP contribution in [0.5, 0.6) is 5.75 Å². The van der Waals surface area contributed by atoms with E-state index >= 15 is 4.39 Å². The highest BCUT2D eigenvalue weighted by atomic mass is 35.5. The average Bonchev–Trinajstić information content (AvgIpc) is 3.18. The van der Waals surface area contributed by atoms with E-state index in [1.54, 1.807) is 25.4 Å². The summed E-state index contributed by atoms with van der Waals surface area (Å²) < 4.78 is 18.2. The summed E-state index contributed by atoms with van der Waals surface area (Å²) in [7, 11) is 1.61. The van der Waals surface area contributed by atoms with Gasteiger partial charge in [-0.1, -0.05) is 5.21 Å².